The van der Waals surface area contributed by atoms with E-state index in [1.807, 2.05) is 12.2 Å². The first-order valence-electron chi connectivity index (χ1n) is 3.92. The second-order valence-corrected chi connectivity index (χ2v) is 2.18. The molecule has 2 heteroatoms. The molecule has 0 aliphatic carbocycles. The molecule has 0 aromatic rings. The standard InChI is InChI=1S/C9H17NO/c1-3-5-8-11-9-7-10-6-4-2/h3-4,10H,1-2,5-9H2. The Balaban J connectivity index is 2.79. The highest BCUT2D eigenvalue weighted by Gasteiger charge is 1.84. The van der Waals surface area contributed by atoms with Gasteiger partial charge in [0.15, 0.2) is 0 Å². The first kappa shape index (κ1) is 10.4. The number of hydrogen-bond donors (Lipinski definition) is 1. The van der Waals surface area contributed by atoms with Crippen molar-refractivity contribution in [2.45, 2.75) is 6.42 Å². The van der Waals surface area contributed by atoms with Crippen molar-refractivity contribution in [2.75, 3.05) is 26.3 Å². The SMILES string of the molecule is C=CCCOCCNCC=C. The van der Waals surface area contributed by atoms with Gasteiger partial charge in [-0.25, -0.2) is 0 Å². The van der Waals surface area contributed by atoms with Crippen LogP contribution in [0.5, 0.6) is 0 Å². The molecule has 1 N–H and O–H groups in total. The van der Waals surface area contributed by atoms with Gasteiger partial charge in [0.05, 0.1) is 13.2 Å². The Morgan fingerprint density at radius 1 is 1.18 bits per heavy atom. The average Bonchev–Trinajstić information content (AvgIpc) is 2.03. The minimum Gasteiger partial charge on any atom is -0.380 e. The van der Waals surface area contributed by atoms with Crippen LogP contribution in [0.1, 0.15) is 6.42 Å². The first-order chi connectivity index (χ1) is 5.41. The number of nitrogens with one attached hydrogen (secondary N) is 1. The van der Waals surface area contributed by atoms with E-state index in [9.17, 15) is 0 Å². The molecule has 0 amide bonds. The van der Waals surface area contributed by atoms with Gasteiger partial charge in [-0.05, 0) is 6.42 Å². The lowest BCUT2D eigenvalue weighted by molar-refractivity contribution is 0.141. The van der Waals surface area contributed by atoms with Crippen LogP contribution < -0.4 is 5.32 Å². The summed E-state index contributed by atoms with van der Waals surface area (Å²) in [7, 11) is 0. The number of ether oxygens (including phenoxy) is 1. The van der Waals surface area contributed by atoms with Crippen molar-refractivity contribution in [3.8, 4) is 0 Å². The summed E-state index contributed by atoms with van der Waals surface area (Å²) < 4.78 is 5.25. The van der Waals surface area contributed by atoms with Crippen molar-refractivity contribution in [3.05, 3.63) is 25.3 Å². The molecule has 0 heterocycles. The van der Waals surface area contributed by atoms with Crippen LogP contribution in [0, 0.1) is 0 Å². The predicted molar refractivity (Wildman–Crippen MR) is 48.7 cm³/mol. The summed E-state index contributed by atoms with van der Waals surface area (Å²) in [5.74, 6) is 0. The quantitative estimate of drug-likeness (QED) is 0.422. The smallest absolute Gasteiger partial charge is 0.0591 e. The highest BCUT2D eigenvalue weighted by Crippen LogP contribution is 1.81. The zero-order valence-corrected chi connectivity index (χ0v) is 7.01. The van der Waals surface area contributed by atoms with Crippen LogP contribution in [-0.4, -0.2) is 26.3 Å². The van der Waals surface area contributed by atoms with Gasteiger partial charge < -0.3 is 10.1 Å². The summed E-state index contributed by atoms with van der Waals surface area (Å²) >= 11 is 0. The second kappa shape index (κ2) is 9.40. The van der Waals surface area contributed by atoms with Crippen LogP contribution in [-0.2, 0) is 4.74 Å². The molecule has 0 aliphatic rings. The van der Waals surface area contributed by atoms with E-state index in [0.717, 1.165) is 32.7 Å². The van der Waals surface area contributed by atoms with E-state index in [1.165, 1.54) is 0 Å². The third kappa shape index (κ3) is 9.40. The van der Waals surface area contributed by atoms with E-state index in [4.69, 9.17) is 4.74 Å². The summed E-state index contributed by atoms with van der Waals surface area (Å²) in [6.45, 7) is 10.5. The fourth-order valence-electron chi connectivity index (χ4n) is 0.617. The molecule has 0 atom stereocenters. The lowest BCUT2D eigenvalue weighted by Crippen LogP contribution is -2.19. The third-order valence-corrected chi connectivity index (χ3v) is 1.18. The lowest BCUT2D eigenvalue weighted by Gasteiger charge is -2.01. The van der Waals surface area contributed by atoms with E-state index in [2.05, 4.69) is 18.5 Å². The average molecular weight is 155 g/mol. The van der Waals surface area contributed by atoms with Crippen LogP contribution in [0.4, 0.5) is 0 Å². The maximum atomic E-state index is 5.25. The largest absolute Gasteiger partial charge is 0.380 e. The van der Waals surface area contributed by atoms with Gasteiger partial charge in [0.1, 0.15) is 0 Å². The molecular weight excluding hydrogens is 138 g/mol. The van der Waals surface area contributed by atoms with Crippen molar-refractivity contribution in [2.24, 2.45) is 0 Å². The van der Waals surface area contributed by atoms with E-state index in [1.54, 1.807) is 0 Å². The van der Waals surface area contributed by atoms with Gasteiger partial charge >= 0.3 is 0 Å². The Morgan fingerprint density at radius 2 is 2.00 bits per heavy atom. The maximum absolute atomic E-state index is 5.25. The Bertz CT molecular complexity index is 89.7. The number of rotatable bonds is 8. The summed E-state index contributed by atoms with van der Waals surface area (Å²) in [6.07, 6.45) is 4.63. The minimum atomic E-state index is 0.766. The van der Waals surface area contributed by atoms with E-state index in [0.29, 0.717) is 0 Å². The zero-order valence-electron chi connectivity index (χ0n) is 7.01. The Labute approximate surface area is 68.9 Å². The molecule has 0 rings (SSSR count). The van der Waals surface area contributed by atoms with E-state index in [-0.39, 0.29) is 0 Å². The molecule has 0 aromatic heterocycles. The molecule has 0 bridgehead atoms. The van der Waals surface area contributed by atoms with Gasteiger partial charge in [0.2, 0.25) is 0 Å². The normalized spacial score (nSPS) is 9.45. The van der Waals surface area contributed by atoms with E-state index >= 15 is 0 Å². The molecule has 0 saturated carbocycles. The van der Waals surface area contributed by atoms with Crippen molar-refractivity contribution in [1.29, 1.82) is 0 Å². The fraction of sp³-hybridized carbons (Fsp3) is 0.556. The van der Waals surface area contributed by atoms with Gasteiger partial charge in [-0.1, -0.05) is 12.2 Å². The van der Waals surface area contributed by atoms with Gasteiger partial charge in [-0.3, -0.25) is 0 Å². The van der Waals surface area contributed by atoms with Crippen molar-refractivity contribution < 1.29 is 4.74 Å². The van der Waals surface area contributed by atoms with Crippen LogP contribution in [0.25, 0.3) is 0 Å². The highest BCUT2D eigenvalue weighted by molar-refractivity contribution is 4.69. The monoisotopic (exact) mass is 155 g/mol. The molecule has 0 spiro atoms. The molecule has 0 radical (unpaired) electrons. The third-order valence-electron chi connectivity index (χ3n) is 1.18. The highest BCUT2D eigenvalue weighted by atomic mass is 16.5. The lowest BCUT2D eigenvalue weighted by atomic mass is 10.4. The Kier molecular flexibility index (Phi) is 8.89. The minimum absolute atomic E-state index is 0.766. The summed E-state index contributed by atoms with van der Waals surface area (Å²) in [5, 5.41) is 3.14. The van der Waals surface area contributed by atoms with E-state index < -0.39 is 0 Å². The van der Waals surface area contributed by atoms with Crippen LogP contribution >= 0.6 is 0 Å². The molecule has 2 nitrogen and oxygen atoms in total. The molecule has 0 aliphatic heterocycles. The Hall–Kier alpha value is -0.600. The van der Waals surface area contributed by atoms with Gasteiger partial charge in [-0.15, -0.1) is 13.2 Å². The molecule has 0 saturated heterocycles. The molecule has 0 aromatic carbocycles. The summed E-state index contributed by atoms with van der Waals surface area (Å²) in [6, 6.07) is 0. The Morgan fingerprint density at radius 3 is 2.64 bits per heavy atom. The van der Waals surface area contributed by atoms with Gasteiger partial charge in [-0.2, -0.15) is 0 Å². The molecule has 64 valence electrons. The van der Waals surface area contributed by atoms with Crippen molar-refractivity contribution in [3.63, 3.8) is 0 Å². The van der Waals surface area contributed by atoms with Crippen molar-refractivity contribution >= 4 is 0 Å². The zero-order chi connectivity index (χ0) is 8.36. The van der Waals surface area contributed by atoms with Gasteiger partial charge in [0.25, 0.3) is 0 Å². The van der Waals surface area contributed by atoms with Crippen molar-refractivity contribution in [1.82, 2.24) is 5.32 Å². The predicted octanol–water partition coefficient (Wildman–Crippen LogP) is 1.35. The molecule has 0 fully saturated rings. The molecule has 11 heavy (non-hydrogen) atoms. The van der Waals surface area contributed by atoms with Crippen LogP contribution in [0.2, 0.25) is 0 Å². The second-order valence-electron chi connectivity index (χ2n) is 2.18. The van der Waals surface area contributed by atoms with Crippen LogP contribution in [0.3, 0.4) is 0 Å². The molecular formula is C9H17NO. The fourth-order valence-corrected chi connectivity index (χ4v) is 0.617. The molecule has 0 unspecified atom stereocenters. The summed E-state index contributed by atoms with van der Waals surface area (Å²) in [5.41, 5.74) is 0. The number of hydrogen-bond acceptors (Lipinski definition) is 2. The maximum Gasteiger partial charge on any atom is 0.0591 e. The van der Waals surface area contributed by atoms with Gasteiger partial charge in [0, 0.05) is 13.1 Å². The topological polar surface area (TPSA) is 21.3 Å². The summed E-state index contributed by atoms with van der Waals surface area (Å²) in [4.78, 5) is 0. The van der Waals surface area contributed by atoms with Crippen LogP contribution in [0.15, 0.2) is 25.3 Å². The first-order valence-corrected chi connectivity index (χ1v) is 3.92.